The van der Waals surface area contributed by atoms with E-state index < -0.39 is 0 Å². The Hall–Kier alpha value is -2.14. The van der Waals surface area contributed by atoms with Crippen LogP contribution in [0.1, 0.15) is 31.6 Å². The predicted octanol–water partition coefficient (Wildman–Crippen LogP) is 2.88. The van der Waals surface area contributed by atoms with Gasteiger partial charge in [0.15, 0.2) is 11.7 Å². The van der Waals surface area contributed by atoms with Gasteiger partial charge in [0.05, 0.1) is 6.20 Å². The molecule has 2 fully saturated rings. The van der Waals surface area contributed by atoms with Crippen LogP contribution in [-0.4, -0.2) is 42.0 Å². The minimum absolute atomic E-state index is 0.222. The quantitative estimate of drug-likeness (QED) is 0.930. The van der Waals surface area contributed by atoms with Gasteiger partial charge in [0.25, 0.3) is 0 Å². The van der Waals surface area contributed by atoms with Crippen molar-refractivity contribution in [3.63, 3.8) is 0 Å². The predicted molar refractivity (Wildman–Crippen MR) is 96.0 cm³/mol. The number of hydrogen-bond acceptors (Lipinski definition) is 4. The van der Waals surface area contributed by atoms with E-state index in [2.05, 4.69) is 10.3 Å². The fourth-order valence-corrected chi connectivity index (χ4v) is 3.99. The zero-order valence-electron chi connectivity index (χ0n) is 14.5. The van der Waals surface area contributed by atoms with Crippen molar-refractivity contribution in [1.82, 2.24) is 15.2 Å². The zero-order valence-corrected chi connectivity index (χ0v) is 14.5. The normalized spacial score (nSPS) is 19.4. The third kappa shape index (κ3) is 3.61. The second kappa shape index (κ2) is 7.00. The smallest absolute Gasteiger partial charge is 0.223 e. The highest BCUT2D eigenvalue weighted by Gasteiger charge is 2.37. The zero-order chi connectivity index (χ0) is 17.1. The lowest BCUT2D eigenvalue weighted by molar-refractivity contribution is -0.133. The van der Waals surface area contributed by atoms with E-state index >= 15 is 0 Å². The third-order valence-electron chi connectivity index (χ3n) is 5.67. The Kier molecular flexibility index (Phi) is 4.57. The molecule has 25 heavy (non-hydrogen) atoms. The van der Waals surface area contributed by atoms with Gasteiger partial charge in [-0.1, -0.05) is 30.3 Å². The van der Waals surface area contributed by atoms with E-state index in [-0.39, 0.29) is 5.91 Å². The standard InChI is InChI=1S/C20H25N3O2/c24-19(23-12-9-20(10-13-23)8-11-21-15-20)7-6-18-22-14-17(25-18)16-4-2-1-3-5-16/h1-5,14,21H,6-13,15H2. The Morgan fingerprint density at radius 3 is 2.72 bits per heavy atom. The summed E-state index contributed by atoms with van der Waals surface area (Å²) in [5, 5.41) is 3.47. The maximum atomic E-state index is 12.5. The SMILES string of the molecule is O=C(CCc1ncc(-c2ccccc2)o1)N1CCC2(CCNC2)CC1. The van der Waals surface area contributed by atoms with Crippen LogP contribution in [0.4, 0.5) is 0 Å². The van der Waals surface area contributed by atoms with Gasteiger partial charge < -0.3 is 14.6 Å². The second-order valence-corrected chi connectivity index (χ2v) is 7.29. The topological polar surface area (TPSA) is 58.4 Å². The van der Waals surface area contributed by atoms with Crippen molar-refractivity contribution in [3.8, 4) is 11.3 Å². The first-order valence-corrected chi connectivity index (χ1v) is 9.23. The number of aromatic nitrogens is 1. The number of likely N-dealkylation sites (tertiary alicyclic amines) is 1. The van der Waals surface area contributed by atoms with Gasteiger partial charge in [0.2, 0.25) is 5.91 Å². The van der Waals surface area contributed by atoms with Gasteiger partial charge in [-0.15, -0.1) is 0 Å². The monoisotopic (exact) mass is 339 g/mol. The largest absolute Gasteiger partial charge is 0.441 e. The maximum Gasteiger partial charge on any atom is 0.223 e. The van der Waals surface area contributed by atoms with Crippen molar-refractivity contribution in [2.24, 2.45) is 5.41 Å². The number of rotatable bonds is 4. The van der Waals surface area contributed by atoms with Crippen LogP contribution in [0.5, 0.6) is 0 Å². The number of carbonyl (C=O) groups excluding carboxylic acids is 1. The van der Waals surface area contributed by atoms with Gasteiger partial charge in [-0.2, -0.15) is 0 Å². The van der Waals surface area contributed by atoms with E-state index in [1.807, 2.05) is 35.2 Å². The van der Waals surface area contributed by atoms with Crippen molar-refractivity contribution in [2.75, 3.05) is 26.2 Å². The molecule has 1 N–H and O–H groups in total. The molecule has 1 amide bonds. The summed E-state index contributed by atoms with van der Waals surface area (Å²) in [4.78, 5) is 18.8. The molecule has 0 saturated carbocycles. The Morgan fingerprint density at radius 2 is 2.00 bits per heavy atom. The van der Waals surface area contributed by atoms with Crippen LogP contribution >= 0.6 is 0 Å². The van der Waals surface area contributed by atoms with Crippen LogP contribution in [0.25, 0.3) is 11.3 Å². The van der Waals surface area contributed by atoms with Crippen LogP contribution in [0, 0.1) is 5.41 Å². The summed E-state index contributed by atoms with van der Waals surface area (Å²) in [7, 11) is 0. The van der Waals surface area contributed by atoms with E-state index in [9.17, 15) is 4.79 Å². The Balaban J connectivity index is 1.29. The van der Waals surface area contributed by atoms with E-state index in [1.54, 1.807) is 6.20 Å². The summed E-state index contributed by atoms with van der Waals surface area (Å²) >= 11 is 0. The highest BCUT2D eigenvalue weighted by molar-refractivity contribution is 5.76. The fourth-order valence-electron chi connectivity index (χ4n) is 3.99. The second-order valence-electron chi connectivity index (χ2n) is 7.29. The van der Waals surface area contributed by atoms with Crippen molar-refractivity contribution >= 4 is 5.91 Å². The molecule has 0 radical (unpaired) electrons. The van der Waals surface area contributed by atoms with Gasteiger partial charge in [0, 0.05) is 38.0 Å². The molecule has 0 atom stereocenters. The molecule has 3 heterocycles. The van der Waals surface area contributed by atoms with Crippen molar-refractivity contribution < 1.29 is 9.21 Å². The molecule has 0 aliphatic carbocycles. The van der Waals surface area contributed by atoms with Gasteiger partial charge in [-0.25, -0.2) is 4.98 Å². The number of oxazole rings is 1. The highest BCUT2D eigenvalue weighted by Crippen LogP contribution is 2.37. The van der Waals surface area contributed by atoms with E-state index in [1.165, 1.54) is 6.42 Å². The molecular weight excluding hydrogens is 314 g/mol. The molecule has 132 valence electrons. The summed E-state index contributed by atoms with van der Waals surface area (Å²) in [6.07, 6.45) is 6.29. The number of nitrogens with one attached hydrogen (secondary N) is 1. The Bertz CT molecular complexity index is 710. The van der Waals surface area contributed by atoms with Crippen molar-refractivity contribution in [3.05, 3.63) is 42.4 Å². The molecule has 1 spiro atoms. The average molecular weight is 339 g/mol. The first-order chi connectivity index (χ1) is 12.2. The van der Waals surface area contributed by atoms with E-state index in [4.69, 9.17) is 4.42 Å². The lowest BCUT2D eigenvalue weighted by atomic mass is 9.78. The molecule has 0 unspecified atom stereocenters. The molecule has 5 nitrogen and oxygen atoms in total. The number of piperidine rings is 1. The Labute approximate surface area is 148 Å². The molecule has 2 aliphatic heterocycles. The molecule has 2 saturated heterocycles. The molecule has 0 bridgehead atoms. The van der Waals surface area contributed by atoms with Gasteiger partial charge >= 0.3 is 0 Å². The summed E-state index contributed by atoms with van der Waals surface area (Å²) < 4.78 is 5.79. The average Bonchev–Trinajstić information content (AvgIpc) is 3.31. The van der Waals surface area contributed by atoms with Crippen LogP contribution in [-0.2, 0) is 11.2 Å². The minimum Gasteiger partial charge on any atom is -0.441 e. The molecule has 2 aromatic rings. The number of amides is 1. The minimum atomic E-state index is 0.222. The van der Waals surface area contributed by atoms with Crippen LogP contribution in [0.15, 0.2) is 40.9 Å². The molecule has 1 aromatic carbocycles. The number of benzene rings is 1. The summed E-state index contributed by atoms with van der Waals surface area (Å²) in [5.41, 5.74) is 1.46. The van der Waals surface area contributed by atoms with Crippen LogP contribution in [0.3, 0.4) is 0 Å². The van der Waals surface area contributed by atoms with Gasteiger partial charge in [-0.05, 0) is 31.2 Å². The van der Waals surface area contributed by atoms with Gasteiger partial charge in [0.1, 0.15) is 0 Å². The van der Waals surface area contributed by atoms with E-state index in [0.717, 1.165) is 50.3 Å². The van der Waals surface area contributed by atoms with Crippen molar-refractivity contribution in [1.29, 1.82) is 0 Å². The summed E-state index contributed by atoms with van der Waals surface area (Å²) in [6, 6.07) is 9.92. The molecule has 2 aliphatic rings. The maximum absolute atomic E-state index is 12.5. The third-order valence-corrected chi connectivity index (χ3v) is 5.67. The molecule has 5 heteroatoms. The van der Waals surface area contributed by atoms with Crippen molar-refractivity contribution in [2.45, 2.75) is 32.1 Å². The lowest BCUT2D eigenvalue weighted by Gasteiger charge is -2.38. The first-order valence-electron chi connectivity index (χ1n) is 9.23. The summed E-state index contributed by atoms with van der Waals surface area (Å²) in [5.74, 6) is 1.62. The van der Waals surface area contributed by atoms with Crippen LogP contribution < -0.4 is 5.32 Å². The summed E-state index contributed by atoms with van der Waals surface area (Å²) in [6.45, 7) is 4.03. The molecular formula is C20H25N3O2. The number of nitrogens with zero attached hydrogens (tertiary/aromatic N) is 2. The van der Waals surface area contributed by atoms with Crippen LogP contribution in [0.2, 0.25) is 0 Å². The fraction of sp³-hybridized carbons (Fsp3) is 0.500. The number of carbonyl (C=O) groups is 1. The lowest BCUT2D eigenvalue weighted by Crippen LogP contribution is -2.44. The Morgan fingerprint density at radius 1 is 1.20 bits per heavy atom. The number of hydrogen-bond donors (Lipinski definition) is 1. The van der Waals surface area contributed by atoms with Gasteiger partial charge in [-0.3, -0.25) is 4.79 Å². The molecule has 1 aromatic heterocycles. The molecule has 4 rings (SSSR count). The first kappa shape index (κ1) is 16.3. The number of aryl methyl sites for hydroxylation is 1. The highest BCUT2D eigenvalue weighted by atomic mass is 16.4. The van der Waals surface area contributed by atoms with E-state index in [0.29, 0.717) is 24.1 Å².